The molecule has 0 aliphatic carbocycles. The summed E-state index contributed by atoms with van der Waals surface area (Å²) in [7, 11) is 0. The summed E-state index contributed by atoms with van der Waals surface area (Å²) in [4.78, 5) is 0. The molecule has 1 aromatic rings. The number of amidine groups is 1. The summed E-state index contributed by atoms with van der Waals surface area (Å²) in [5.41, 5.74) is 2.20. The maximum absolute atomic E-state index is 11.7. The smallest absolute Gasteiger partial charge is 0.228 e. The van der Waals surface area contributed by atoms with E-state index < -0.39 is 6.86 Å². The fourth-order valence-corrected chi connectivity index (χ4v) is 0.845. The van der Waals surface area contributed by atoms with E-state index in [0.29, 0.717) is 11.3 Å². The summed E-state index contributed by atoms with van der Waals surface area (Å²) in [6, 6.07) is 6.11. The maximum atomic E-state index is 11.7. The van der Waals surface area contributed by atoms with Crippen molar-refractivity contribution in [2.24, 2.45) is 0 Å². The molecule has 70 valence electrons. The number of hydrogen-bond acceptors (Lipinski definition) is 3. The van der Waals surface area contributed by atoms with Crippen LogP contribution in [0, 0.1) is 5.41 Å². The Kier molecular flexibility index (Phi) is 3.22. The SMILES string of the molecule is N=C(NO)c1ccc(OCF)cc1. The zero-order valence-corrected chi connectivity index (χ0v) is 6.75. The van der Waals surface area contributed by atoms with Crippen LogP contribution in [0.1, 0.15) is 5.56 Å². The van der Waals surface area contributed by atoms with E-state index in [1.807, 2.05) is 0 Å². The predicted octanol–water partition coefficient (Wildman–Crippen LogP) is 1.30. The predicted molar refractivity (Wildman–Crippen MR) is 44.8 cm³/mol. The number of hydrogen-bond donors (Lipinski definition) is 3. The van der Waals surface area contributed by atoms with E-state index in [1.54, 1.807) is 5.48 Å². The van der Waals surface area contributed by atoms with Gasteiger partial charge in [0.2, 0.25) is 6.86 Å². The topological polar surface area (TPSA) is 65.3 Å². The first-order chi connectivity index (χ1) is 6.27. The number of alkyl halides is 1. The van der Waals surface area contributed by atoms with Gasteiger partial charge in [0.1, 0.15) is 11.6 Å². The molecule has 13 heavy (non-hydrogen) atoms. The van der Waals surface area contributed by atoms with Gasteiger partial charge in [0.15, 0.2) is 0 Å². The van der Waals surface area contributed by atoms with E-state index in [2.05, 4.69) is 4.74 Å². The molecule has 0 saturated heterocycles. The lowest BCUT2D eigenvalue weighted by Gasteiger charge is -2.03. The lowest BCUT2D eigenvalue weighted by atomic mass is 10.2. The minimum Gasteiger partial charge on any atom is -0.463 e. The normalized spacial score (nSPS) is 9.38. The highest BCUT2D eigenvalue weighted by atomic mass is 19.1. The number of nitrogens with one attached hydrogen (secondary N) is 2. The quantitative estimate of drug-likeness (QED) is 0.377. The molecule has 0 aliphatic rings. The van der Waals surface area contributed by atoms with Crippen LogP contribution >= 0.6 is 0 Å². The van der Waals surface area contributed by atoms with Crippen LogP contribution in [-0.2, 0) is 0 Å². The third kappa shape index (κ3) is 2.41. The van der Waals surface area contributed by atoms with Gasteiger partial charge >= 0.3 is 0 Å². The molecule has 5 heteroatoms. The highest BCUT2D eigenvalue weighted by Crippen LogP contribution is 2.11. The Bertz CT molecular complexity index is 287. The van der Waals surface area contributed by atoms with E-state index in [0.717, 1.165) is 0 Å². The zero-order valence-electron chi connectivity index (χ0n) is 6.75. The second-order valence-electron chi connectivity index (χ2n) is 2.26. The summed E-state index contributed by atoms with van der Waals surface area (Å²) in [5.74, 6) is 0.267. The van der Waals surface area contributed by atoms with Crippen LogP contribution in [0.3, 0.4) is 0 Å². The van der Waals surface area contributed by atoms with Gasteiger partial charge in [-0.25, -0.2) is 4.39 Å². The van der Waals surface area contributed by atoms with Gasteiger partial charge in [0.05, 0.1) is 0 Å². The highest BCUT2D eigenvalue weighted by Gasteiger charge is 1.99. The maximum Gasteiger partial charge on any atom is 0.228 e. The van der Waals surface area contributed by atoms with Crippen molar-refractivity contribution in [3.8, 4) is 5.75 Å². The highest BCUT2D eigenvalue weighted by molar-refractivity contribution is 5.95. The molecule has 1 rings (SSSR count). The zero-order chi connectivity index (χ0) is 9.68. The van der Waals surface area contributed by atoms with Crippen LogP contribution in [0.5, 0.6) is 5.75 Å². The van der Waals surface area contributed by atoms with Crippen LogP contribution in [0.4, 0.5) is 4.39 Å². The summed E-state index contributed by atoms with van der Waals surface area (Å²) in [6.07, 6.45) is 0. The monoisotopic (exact) mass is 184 g/mol. The summed E-state index contributed by atoms with van der Waals surface area (Å²) >= 11 is 0. The summed E-state index contributed by atoms with van der Waals surface area (Å²) in [5, 5.41) is 15.6. The number of rotatable bonds is 3. The van der Waals surface area contributed by atoms with E-state index >= 15 is 0 Å². The summed E-state index contributed by atoms with van der Waals surface area (Å²) in [6.45, 7) is -0.880. The molecule has 0 bridgehead atoms. The number of benzene rings is 1. The lowest BCUT2D eigenvalue weighted by Crippen LogP contribution is -2.18. The molecule has 0 fully saturated rings. The molecule has 4 nitrogen and oxygen atoms in total. The first-order valence-electron chi connectivity index (χ1n) is 3.56. The van der Waals surface area contributed by atoms with E-state index in [9.17, 15) is 4.39 Å². The summed E-state index contributed by atoms with van der Waals surface area (Å²) < 4.78 is 16.2. The molecular weight excluding hydrogens is 175 g/mol. The van der Waals surface area contributed by atoms with Crippen molar-refractivity contribution in [1.29, 1.82) is 5.41 Å². The van der Waals surface area contributed by atoms with Crippen molar-refractivity contribution in [3.63, 3.8) is 0 Å². The Hall–Kier alpha value is -1.62. The fourth-order valence-electron chi connectivity index (χ4n) is 0.845. The van der Waals surface area contributed by atoms with Crippen LogP contribution in [0.15, 0.2) is 24.3 Å². The molecule has 0 radical (unpaired) electrons. The average Bonchev–Trinajstić information content (AvgIpc) is 2.18. The molecule has 0 spiro atoms. The minimum absolute atomic E-state index is 0.119. The fraction of sp³-hybridized carbons (Fsp3) is 0.125. The third-order valence-electron chi connectivity index (χ3n) is 1.48. The molecule has 3 N–H and O–H groups in total. The largest absolute Gasteiger partial charge is 0.463 e. The Morgan fingerprint density at radius 1 is 1.46 bits per heavy atom. The molecule has 0 amide bonds. The van der Waals surface area contributed by atoms with Crippen LogP contribution in [0.25, 0.3) is 0 Å². The number of ether oxygens (including phenoxy) is 1. The van der Waals surface area contributed by atoms with Gasteiger partial charge < -0.3 is 4.74 Å². The Morgan fingerprint density at radius 2 is 2.08 bits per heavy atom. The minimum atomic E-state index is -0.880. The first kappa shape index (κ1) is 9.47. The second-order valence-corrected chi connectivity index (χ2v) is 2.26. The molecule has 0 aromatic heterocycles. The standard InChI is InChI=1S/C8H9FN2O2/c9-5-13-7-3-1-6(2-4-7)8(10)11-12/h1-4,12H,5H2,(H2,10,11). The van der Waals surface area contributed by atoms with Crippen molar-refractivity contribution in [1.82, 2.24) is 5.48 Å². The molecule has 0 unspecified atom stereocenters. The first-order valence-corrected chi connectivity index (χ1v) is 3.56. The van der Waals surface area contributed by atoms with Crippen LogP contribution in [-0.4, -0.2) is 17.9 Å². The van der Waals surface area contributed by atoms with Crippen molar-refractivity contribution < 1.29 is 14.3 Å². The van der Waals surface area contributed by atoms with Crippen LogP contribution < -0.4 is 10.2 Å². The van der Waals surface area contributed by atoms with Crippen molar-refractivity contribution >= 4 is 5.84 Å². The Labute approximate surface area is 74.4 Å². The molecular formula is C8H9FN2O2. The van der Waals surface area contributed by atoms with Crippen molar-refractivity contribution in [2.45, 2.75) is 0 Å². The number of halogens is 1. The molecule has 0 atom stereocenters. The van der Waals surface area contributed by atoms with Gasteiger partial charge in [-0.2, -0.15) is 0 Å². The van der Waals surface area contributed by atoms with Gasteiger partial charge in [0.25, 0.3) is 0 Å². The lowest BCUT2D eigenvalue weighted by molar-refractivity contribution is 0.191. The average molecular weight is 184 g/mol. The van der Waals surface area contributed by atoms with E-state index in [4.69, 9.17) is 10.6 Å². The van der Waals surface area contributed by atoms with Crippen molar-refractivity contribution in [2.75, 3.05) is 6.86 Å². The van der Waals surface area contributed by atoms with Gasteiger partial charge in [-0.3, -0.25) is 16.1 Å². The Morgan fingerprint density at radius 3 is 2.54 bits per heavy atom. The van der Waals surface area contributed by atoms with Crippen LogP contribution in [0.2, 0.25) is 0 Å². The molecule has 1 aromatic carbocycles. The van der Waals surface area contributed by atoms with Crippen molar-refractivity contribution in [3.05, 3.63) is 29.8 Å². The molecule has 0 aliphatic heterocycles. The second kappa shape index (κ2) is 4.42. The van der Waals surface area contributed by atoms with Gasteiger partial charge in [-0.15, -0.1) is 0 Å². The van der Waals surface area contributed by atoms with E-state index in [1.165, 1.54) is 24.3 Å². The number of hydroxylamine groups is 1. The van der Waals surface area contributed by atoms with Gasteiger partial charge in [0, 0.05) is 5.56 Å². The van der Waals surface area contributed by atoms with Gasteiger partial charge in [-0.1, -0.05) is 0 Å². The van der Waals surface area contributed by atoms with E-state index in [-0.39, 0.29) is 5.84 Å². The Balaban J connectivity index is 2.75. The third-order valence-corrected chi connectivity index (χ3v) is 1.48. The molecule has 0 heterocycles. The molecule has 0 saturated carbocycles. The van der Waals surface area contributed by atoms with Gasteiger partial charge in [-0.05, 0) is 24.3 Å².